The molecule has 0 saturated carbocycles. The van der Waals surface area contributed by atoms with Gasteiger partial charge in [-0.25, -0.2) is 4.99 Å². The molecule has 30 heavy (non-hydrogen) atoms. The van der Waals surface area contributed by atoms with Gasteiger partial charge in [-0.05, 0) is 25.1 Å². The number of alkyl halides is 2. The fourth-order valence-corrected chi connectivity index (χ4v) is 2.56. The third-order valence-electron chi connectivity index (χ3n) is 3.76. The first-order valence-electron chi connectivity index (χ1n) is 9.53. The number of carbonyl (C=O) groups is 1. The van der Waals surface area contributed by atoms with Crippen molar-refractivity contribution in [3.63, 3.8) is 0 Å². The van der Waals surface area contributed by atoms with Crippen LogP contribution in [0.25, 0.3) is 0 Å². The van der Waals surface area contributed by atoms with E-state index in [0.29, 0.717) is 42.7 Å². The number of nitrogens with zero attached hydrogens (tertiary/aromatic N) is 1. The molecule has 2 aromatic carbocycles. The fraction of sp³-hybridized carbons (Fsp3) is 0.333. The number of aliphatic imine (C=N–C) groups is 1. The summed E-state index contributed by atoms with van der Waals surface area (Å²) in [6.45, 7) is 2.12. The molecule has 0 spiro atoms. The van der Waals surface area contributed by atoms with Crippen molar-refractivity contribution in [1.82, 2.24) is 10.6 Å². The number of amides is 1. The summed E-state index contributed by atoms with van der Waals surface area (Å²) in [5, 5.41) is 8.91. The molecule has 0 aliphatic rings. The molecule has 0 aliphatic carbocycles. The van der Waals surface area contributed by atoms with Gasteiger partial charge in [0.05, 0.1) is 13.1 Å². The molecule has 1 amide bonds. The Labute approximate surface area is 174 Å². The van der Waals surface area contributed by atoms with Crippen molar-refractivity contribution in [2.45, 2.75) is 27.0 Å². The number of para-hydroxylation sites is 1. The molecule has 2 rings (SSSR count). The quantitative estimate of drug-likeness (QED) is 0.312. The zero-order valence-corrected chi connectivity index (χ0v) is 17.0. The summed E-state index contributed by atoms with van der Waals surface area (Å²) in [5.41, 5.74) is 1.22. The average molecular weight is 420 g/mol. The SMILES string of the molecule is CCNC(=NCc1ccccc1OC(F)F)NCCOc1cccc(NC(C)=O)c1. The van der Waals surface area contributed by atoms with Gasteiger partial charge in [0.2, 0.25) is 5.91 Å². The molecule has 0 bridgehead atoms. The number of rotatable bonds is 10. The minimum absolute atomic E-state index is 0.106. The fourth-order valence-electron chi connectivity index (χ4n) is 2.56. The van der Waals surface area contributed by atoms with Gasteiger partial charge >= 0.3 is 6.61 Å². The highest BCUT2D eigenvalue weighted by Gasteiger charge is 2.09. The standard InChI is InChI=1S/C21H26F2N4O3/c1-3-24-21(26-14-16-7-4-5-10-19(16)30-20(22)23)25-11-12-29-18-9-6-8-17(13-18)27-15(2)28/h4-10,13,20H,3,11-12,14H2,1-2H3,(H,27,28)(H2,24,25,26). The number of carbonyl (C=O) groups excluding carboxylic acids is 1. The third kappa shape index (κ3) is 8.34. The smallest absolute Gasteiger partial charge is 0.387 e. The van der Waals surface area contributed by atoms with E-state index in [2.05, 4.69) is 25.7 Å². The van der Waals surface area contributed by atoms with Crippen LogP contribution < -0.4 is 25.4 Å². The van der Waals surface area contributed by atoms with Gasteiger partial charge in [0, 0.05) is 30.8 Å². The lowest BCUT2D eigenvalue weighted by Gasteiger charge is -2.13. The predicted octanol–water partition coefficient (Wildman–Crippen LogP) is 3.38. The van der Waals surface area contributed by atoms with Gasteiger partial charge in [0.1, 0.15) is 18.1 Å². The lowest BCUT2D eigenvalue weighted by molar-refractivity contribution is -0.114. The highest BCUT2D eigenvalue weighted by molar-refractivity contribution is 5.88. The van der Waals surface area contributed by atoms with Crippen molar-refractivity contribution in [2.75, 3.05) is 25.0 Å². The van der Waals surface area contributed by atoms with E-state index >= 15 is 0 Å². The van der Waals surface area contributed by atoms with Crippen LogP contribution in [0.4, 0.5) is 14.5 Å². The second-order valence-corrected chi connectivity index (χ2v) is 6.17. The van der Waals surface area contributed by atoms with E-state index in [4.69, 9.17) is 4.74 Å². The second-order valence-electron chi connectivity index (χ2n) is 6.17. The highest BCUT2D eigenvalue weighted by Crippen LogP contribution is 2.21. The molecular formula is C21H26F2N4O3. The molecule has 0 saturated heterocycles. The molecule has 0 radical (unpaired) electrons. The van der Waals surface area contributed by atoms with Crippen LogP contribution in [0.15, 0.2) is 53.5 Å². The minimum Gasteiger partial charge on any atom is -0.492 e. The number of ether oxygens (including phenoxy) is 2. The predicted molar refractivity (Wildman–Crippen MR) is 112 cm³/mol. The number of anilines is 1. The zero-order valence-electron chi connectivity index (χ0n) is 17.0. The highest BCUT2D eigenvalue weighted by atomic mass is 19.3. The average Bonchev–Trinajstić information content (AvgIpc) is 2.69. The van der Waals surface area contributed by atoms with Crippen LogP contribution in [0, 0.1) is 0 Å². The van der Waals surface area contributed by atoms with Gasteiger partial charge in [-0.3, -0.25) is 4.79 Å². The van der Waals surface area contributed by atoms with E-state index in [-0.39, 0.29) is 18.2 Å². The molecule has 162 valence electrons. The van der Waals surface area contributed by atoms with E-state index in [1.54, 1.807) is 42.5 Å². The lowest BCUT2D eigenvalue weighted by atomic mass is 10.2. The maximum absolute atomic E-state index is 12.5. The van der Waals surface area contributed by atoms with Crippen molar-refractivity contribution in [3.05, 3.63) is 54.1 Å². The van der Waals surface area contributed by atoms with Crippen LogP contribution in [0.1, 0.15) is 19.4 Å². The Morgan fingerprint density at radius 3 is 2.67 bits per heavy atom. The van der Waals surface area contributed by atoms with Gasteiger partial charge in [0.15, 0.2) is 5.96 Å². The number of benzene rings is 2. The molecule has 0 fully saturated rings. The monoisotopic (exact) mass is 420 g/mol. The Morgan fingerprint density at radius 2 is 1.93 bits per heavy atom. The Kier molecular flexibility index (Phi) is 9.36. The van der Waals surface area contributed by atoms with Gasteiger partial charge in [-0.2, -0.15) is 8.78 Å². The number of hydrogen-bond acceptors (Lipinski definition) is 4. The van der Waals surface area contributed by atoms with Crippen LogP contribution in [0.2, 0.25) is 0 Å². The van der Waals surface area contributed by atoms with Gasteiger partial charge in [-0.1, -0.05) is 24.3 Å². The third-order valence-corrected chi connectivity index (χ3v) is 3.76. The van der Waals surface area contributed by atoms with Crippen LogP contribution in [0.5, 0.6) is 11.5 Å². The van der Waals surface area contributed by atoms with E-state index < -0.39 is 6.61 Å². The normalized spacial score (nSPS) is 11.2. The van der Waals surface area contributed by atoms with E-state index in [0.717, 1.165) is 0 Å². The van der Waals surface area contributed by atoms with E-state index in [1.807, 2.05) is 6.92 Å². The Morgan fingerprint density at radius 1 is 1.13 bits per heavy atom. The molecular weight excluding hydrogens is 394 g/mol. The topological polar surface area (TPSA) is 84.0 Å². The first-order valence-corrected chi connectivity index (χ1v) is 9.53. The largest absolute Gasteiger partial charge is 0.492 e. The Hall–Kier alpha value is -3.36. The van der Waals surface area contributed by atoms with Crippen LogP contribution in [0.3, 0.4) is 0 Å². The maximum atomic E-state index is 12.5. The van der Waals surface area contributed by atoms with Crippen LogP contribution in [-0.4, -0.2) is 38.2 Å². The van der Waals surface area contributed by atoms with Crippen molar-refractivity contribution in [1.29, 1.82) is 0 Å². The first kappa shape index (κ1) is 22.9. The number of halogens is 2. The molecule has 0 atom stereocenters. The molecule has 0 aromatic heterocycles. The Bertz CT molecular complexity index is 847. The maximum Gasteiger partial charge on any atom is 0.387 e. The minimum atomic E-state index is -2.89. The summed E-state index contributed by atoms with van der Waals surface area (Å²) in [6.07, 6.45) is 0. The van der Waals surface area contributed by atoms with E-state index in [1.165, 1.54) is 13.0 Å². The zero-order chi connectivity index (χ0) is 21.8. The molecule has 0 heterocycles. The van der Waals surface area contributed by atoms with E-state index in [9.17, 15) is 13.6 Å². The summed E-state index contributed by atoms with van der Waals surface area (Å²) >= 11 is 0. The summed E-state index contributed by atoms with van der Waals surface area (Å²) in [7, 11) is 0. The van der Waals surface area contributed by atoms with Gasteiger partial charge in [-0.15, -0.1) is 0 Å². The summed E-state index contributed by atoms with van der Waals surface area (Å²) in [6, 6.07) is 13.6. The van der Waals surface area contributed by atoms with Crippen LogP contribution >= 0.6 is 0 Å². The first-order chi connectivity index (χ1) is 14.5. The molecule has 9 heteroatoms. The van der Waals surface area contributed by atoms with Crippen molar-refractivity contribution in [3.8, 4) is 11.5 Å². The van der Waals surface area contributed by atoms with Crippen molar-refractivity contribution in [2.24, 2.45) is 4.99 Å². The lowest BCUT2D eigenvalue weighted by Crippen LogP contribution is -2.39. The van der Waals surface area contributed by atoms with Gasteiger partial charge < -0.3 is 25.4 Å². The van der Waals surface area contributed by atoms with Crippen LogP contribution in [-0.2, 0) is 11.3 Å². The van der Waals surface area contributed by atoms with Crippen molar-refractivity contribution >= 4 is 17.6 Å². The number of nitrogens with one attached hydrogen (secondary N) is 3. The second kappa shape index (κ2) is 12.3. The molecule has 7 nitrogen and oxygen atoms in total. The molecule has 0 aliphatic heterocycles. The number of hydrogen-bond donors (Lipinski definition) is 3. The summed E-state index contributed by atoms with van der Waals surface area (Å²) < 4.78 is 35.3. The molecule has 3 N–H and O–H groups in total. The van der Waals surface area contributed by atoms with Gasteiger partial charge in [0.25, 0.3) is 0 Å². The molecule has 0 unspecified atom stereocenters. The molecule has 2 aromatic rings. The Balaban J connectivity index is 1.88. The van der Waals surface area contributed by atoms with Crippen molar-refractivity contribution < 1.29 is 23.0 Å². The summed E-state index contributed by atoms with van der Waals surface area (Å²) in [4.78, 5) is 15.5. The summed E-state index contributed by atoms with van der Waals surface area (Å²) in [5.74, 6) is 1.11. The number of guanidine groups is 1.